The number of aromatic nitrogens is 2. The molecule has 0 radical (unpaired) electrons. The number of carbonyl (C=O) groups is 1. The highest BCUT2D eigenvalue weighted by Crippen LogP contribution is 2.30. The number of alkyl halides is 3. The zero-order valence-corrected chi connectivity index (χ0v) is 16.6. The van der Waals surface area contributed by atoms with Crippen LogP contribution < -0.4 is 15.6 Å². The molecule has 0 aliphatic carbocycles. The van der Waals surface area contributed by atoms with Gasteiger partial charge >= 0.3 is 6.18 Å². The van der Waals surface area contributed by atoms with Gasteiger partial charge in [0, 0.05) is 18.2 Å². The Kier molecular flexibility index (Phi) is 6.74. The van der Waals surface area contributed by atoms with Crippen molar-refractivity contribution in [2.75, 3.05) is 13.7 Å². The molecule has 2 aromatic carbocycles. The van der Waals surface area contributed by atoms with Crippen LogP contribution in [0.5, 0.6) is 5.75 Å². The molecule has 9 heteroatoms. The second kappa shape index (κ2) is 9.46. The Hall–Kier alpha value is -3.62. The van der Waals surface area contributed by atoms with E-state index in [4.69, 9.17) is 4.74 Å². The molecule has 0 bridgehead atoms. The molecule has 1 amide bonds. The van der Waals surface area contributed by atoms with E-state index in [-0.39, 0.29) is 18.1 Å². The van der Waals surface area contributed by atoms with Gasteiger partial charge in [-0.1, -0.05) is 24.3 Å². The number of hydrogen-bond acceptors (Lipinski definition) is 4. The van der Waals surface area contributed by atoms with Gasteiger partial charge in [0.2, 0.25) is 5.91 Å². The van der Waals surface area contributed by atoms with Gasteiger partial charge in [0.05, 0.1) is 24.7 Å². The highest BCUT2D eigenvalue weighted by Gasteiger charge is 2.30. The van der Waals surface area contributed by atoms with Gasteiger partial charge in [-0.25, -0.2) is 4.98 Å². The summed E-state index contributed by atoms with van der Waals surface area (Å²) < 4.78 is 44.3. The highest BCUT2D eigenvalue weighted by molar-refractivity contribution is 5.75. The van der Waals surface area contributed by atoms with Gasteiger partial charge in [-0.15, -0.1) is 0 Å². The summed E-state index contributed by atoms with van der Waals surface area (Å²) in [6.45, 7) is 0.176. The molecule has 3 aromatic rings. The van der Waals surface area contributed by atoms with Gasteiger partial charge < -0.3 is 10.1 Å². The number of ether oxygens (including phenoxy) is 1. The SMILES string of the molecule is COc1cccc(CCNC(=O)Cn2cnc(-c3ccc(C(F)(F)F)cc3)cc2=O)c1. The van der Waals surface area contributed by atoms with Crippen LogP contribution in [0.25, 0.3) is 11.3 Å². The lowest BCUT2D eigenvalue weighted by Crippen LogP contribution is -2.33. The molecule has 0 unspecified atom stereocenters. The Labute approximate surface area is 176 Å². The van der Waals surface area contributed by atoms with Gasteiger partial charge in [-0.05, 0) is 36.2 Å². The van der Waals surface area contributed by atoms with Crippen molar-refractivity contribution < 1.29 is 22.7 Å². The predicted molar refractivity (Wildman–Crippen MR) is 109 cm³/mol. The Morgan fingerprint density at radius 3 is 2.52 bits per heavy atom. The minimum atomic E-state index is -4.44. The van der Waals surface area contributed by atoms with Crippen molar-refractivity contribution in [3.8, 4) is 17.0 Å². The Morgan fingerprint density at radius 2 is 1.87 bits per heavy atom. The quantitative estimate of drug-likeness (QED) is 0.623. The first-order valence-corrected chi connectivity index (χ1v) is 9.40. The highest BCUT2D eigenvalue weighted by atomic mass is 19.4. The van der Waals surface area contributed by atoms with Crippen LogP contribution in [0, 0.1) is 0 Å². The third-order valence-electron chi connectivity index (χ3n) is 4.57. The number of benzene rings is 2. The molecule has 3 rings (SSSR count). The Morgan fingerprint density at radius 1 is 1.13 bits per heavy atom. The van der Waals surface area contributed by atoms with Crippen molar-refractivity contribution in [2.24, 2.45) is 0 Å². The first-order chi connectivity index (χ1) is 14.8. The van der Waals surface area contributed by atoms with Gasteiger partial charge in [0.15, 0.2) is 0 Å². The maximum atomic E-state index is 12.7. The molecule has 0 atom stereocenters. The van der Waals surface area contributed by atoms with Gasteiger partial charge in [-0.3, -0.25) is 14.2 Å². The van der Waals surface area contributed by atoms with E-state index in [1.54, 1.807) is 7.11 Å². The predicted octanol–water partition coefficient (Wildman–Crippen LogP) is 3.30. The van der Waals surface area contributed by atoms with Gasteiger partial charge in [0.1, 0.15) is 12.3 Å². The zero-order valence-electron chi connectivity index (χ0n) is 16.6. The number of halogens is 3. The number of carbonyl (C=O) groups excluding carboxylic acids is 1. The van der Waals surface area contributed by atoms with E-state index in [1.165, 1.54) is 24.5 Å². The van der Waals surface area contributed by atoms with E-state index < -0.39 is 17.3 Å². The summed E-state index contributed by atoms with van der Waals surface area (Å²) in [6.07, 6.45) is -2.63. The molecule has 0 saturated carbocycles. The number of methoxy groups -OCH3 is 1. The summed E-state index contributed by atoms with van der Waals surface area (Å²) in [5, 5.41) is 2.74. The van der Waals surface area contributed by atoms with Crippen molar-refractivity contribution in [1.29, 1.82) is 0 Å². The lowest BCUT2D eigenvalue weighted by Gasteiger charge is -2.09. The molecular formula is C22H20F3N3O3. The van der Waals surface area contributed by atoms with Crippen LogP contribution in [0.2, 0.25) is 0 Å². The maximum Gasteiger partial charge on any atom is 0.416 e. The first-order valence-electron chi connectivity index (χ1n) is 9.40. The summed E-state index contributed by atoms with van der Waals surface area (Å²) in [5.41, 5.74) is 0.343. The van der Waals surface area contributed by atoms with E-state index in [0.717, 1.165) is 28.0 Å². The molecule has 0 fully saturated rings. The fourth-order valence-corrected chi connectivity index (χ4v) is 2.92. The third-order valence-corrected chi connectivity index (χ3v) is 4.57. The van der Waals surface area contributed by atoms with E-state index in [0.29, 0.717) is 18.5 Å². The van der Waals surface area contributed by atoms with Crippen LogP contribution in [0.1, 0.15) is 11.1 Å². The first kappa shape index (κ1) is 22.1. The van der Waals surface area contributed by atoms with E-state index in [1.807, 2.05) is 24.3 Å². The summed E-state index contributed by atoms with van der Waals surface area (Å²) in [5.74, 6) is 0.378. The summed E-state index contributed by atoms with van der Waals surface area (Å²) >= 11 is 0. The van der Waals surface area contributed by atoms with Crippen LogP contribution in [-0.2, 0) is 23.9 Å². The van der Waals surface area contributed by atoms with Crippen molar-refractivity contribution in [3.63, 3.8) is 0 Å². The molecule has 0 aliphatic heterocycles. The monoisotopic (exact) mass is 431 g/mol. The van der Waals surface area contributed by atoms with Gasteiger partial charge in [-0.2, -0.15) is 13.2 Å². The fourth-order valence-electron chi connectivity index (χ4n) is 2.92. The van der Waals surface area contributed by atoms with E-state index in [2.05, 4.69) is 10.3 Å². The van der Waals surface area contributed by atoms with Crippen LogP contribution in [0.4, 0.5) is 13.2 Å². The van der Waals surface area contributed by atoms with E-state index in [9.17, 15) is 22.8 Å². The second-order valence-corrected chi connectivity index (χ2v) is 6.77. The standard InChI is InChI=1S/C22H20F3N3O3/c1-31-18-4-2-3-15(11-18)9-10-26-20(29)13-28-14-27-19(12-21(28)30)16-5-7-17(8-6-16)22(23,24)25/h2-8,11-12,14H,9-10,13H2,1H3,(H,26,29). The molecule has 6 nitrogen and oxygen atoms in total. The Balaban J connectivity index is 1.58. The third kappa shape index (κ3) is 5.94. The van der Waals surface area contributed by atoms with Crippen LogP contribution in [0.3, 0.4) is 0 Å². The molecule has 31 heavy (non-hydrogen) atoms. The zero-order chi connectivity index (χ0) is 22.4. The second-order valence-electron chi connectivity index (χ2n) is 6.77. The maximum absolute atomic E-state index is 12.7. The number of rotatable bonds is 7. The van der Waals surface area contributed by atoms with Crippen molar-refractivity contribution >= 4 is 5.91 Å². The molecule has 0 saturated heterocycles. The summed E-state index contributed by atoms with van der Waals surface area (Å²) in [7, 11) is 1.58. The van der Waals surface area contributed by atoms with Crippen LogP contribution in [-0.4, -0.2) is 29.1 Å². The average molecular weight is 431 g/mol. The summed E-state index contributed by atoms with van der Waals surface area (Å²) in [6, 6.07) is 13.0. The minimum Gasteiger partial charge on any atom is -0.497 e. The molecule has 0 spiro atoms. The molecule has 0 aliphatic rings. The lowest BCUT2D eigenvalue weighted by atomic mass is 10.1. The normalized spacial score (nSPS) is 11.2. The van der Waals surface area contributed by atoms with Crippen LogP contribution in [0.15, 0.2) is 65.7 Å². The number of hydrogen-bond donors (Lipinski definition) is 1. The fraction of sp³-hybridized carbons (Fsp3) is 0.227. The number of nitrogens with zero attached hydrogens (tertiary/aromatic N) is 2. The smallest absolute Gasteiger partial charge is 0.416 e. The Bertz CT molecular complexity index is 1110. The van der Waals surface area contributed by atoms with Crippen molar-refractivity contribution in [3.05, 3.63) is 82.4 Å². The molecular weight excluding hydrogens is 411 g/mol. The molecule has 1 N–H and O–H groups in total. The molecule has 162 valence electrons. The average Bonchev–Trinajstić information content (AvgIpc) is 2.75. The molecule has 1 heterocycles. The van der Waals surface area contributed by atoms with Crippen molar-refractivity contribution in [1.82, 2.24) is 14.9 Å². The van der Waals surface area contributed by atoms with Crippen molar-refractivity contribution in [2.45, 2.75) is 19.1 Å². The summed E-state index contributed by atoms with van der Waals surface area (Å²) in [4.78, 5) is 28.5. The molecule has 1 aromatic heterocycles. The number of amides is 1. The van der Waals surface area contributed by atoms with E-state index >= 15 is 0 Å². The van der Waals surface area contributed by atoms with Gasteiger partial charge in [0.25, 0.3) is 5.56 Å². The topological polar surface area (TPSA) is 73.2 Å². The minimum absolute atomic E-state index is 0.211. The number of nitrogens with one attached hydrogen (secondary N) is 1. The largest absolute Gasteiger partial charge is 0.497 e. The van der Waals surface area contributed by atoms with Crippen LogP contribution >= 0.6 is 0 Å². The lowest BCUT2D eigenvalue weighted by molar-refractivity contribution is -0.137.